The fourth-order valence-electron chi connectivity index (χ4n) is 3.17. The fraction of sp³-hybridized carbons (Fsp3) is 0.800. The average molecular weight is 352 g/mol. The van der Waals surface area contributed by atoms with Crippen LogP contribution in [0.1, 0.15) is 37.9 Å². The highest BCUT2D eigenvalue weighted by atomic mass is 35.5. The van der Waals surface area contributed by atoms with Crippen molar-refractivity contribution in [1.29, 1.82) is 0 Å². The Kier molecular flexibility index (Phi) is 6.94. The minimum absolute atomic E-state index is 0. The molecule has 3 rings (SSSR count). The zero-order valence-electron chi connectivity index (χ0n) is 13.1. The molecular formula is C15H27Cl2N3S. The maximum absolute atomic E-state index is 4.82. The molecule has 122 valence electrons. The summed E-state index contributed by atoms with van der Waals surface area (Å²) in [6.45, 7) is 12.7. The molecule has 2 atom stereocenters. The van der Waals surface area contributed by atoms with Crippen molar-refractivity contribution >= 4 is 36.2 Å². The molecule has 0 bridgehead atoms. The number of nitrogens with zero attached hydrogens (tertiary/aromatic N) is 2. The Morgan fingerprint density at radius 1 is 1.29 bits per heavy atom. The standard InChI is InChI=1S/C15H25N3S.2ClH/c1-15(2,3)13-10-19-14(17-13)9-18-5-4-11-6-16-7-12(11)8-18;;/h10-12,16H,4-9H2,1-3H3;2*1H. The zero-order valence-corrected chi connectivity index (χ0v) is 15.5. The van der Waals surface area contributed by atoms with Crippen LogP contribution in [-0.4, -0.2) is 36.1 Å². The van der Waals surface area contributed by atoms with Gasteiger partial charge in [-0.15, -0.1) is 36.2 Å². The van der Waals surface area contributed by atoms with E-state index in [2.05, 4.69) is 36.4 Å². The van der Waals surface area contributed by atoms with E-state index in [-0.39, 0.29) is 30.2 Å². The molecule has 3 heterocycles. The Labute approximate surface area is 144 Å². The lowest BCUT2D eigenvalue weighted by Gasteiger charge is -2.33. The molecule has 0 spiro atoms. The molecule has 6 heteroatoms. The van der Waals surface area contributed by atoms with Crippen molar-refractivity contribution < 1.29 is 0 Å². The molecule has 21 heavy (non-hydrogen) atoms. The highest BCUT2D eigenvalue weighted by Crippen LogP contribution is 2.29. The van der Waals surface area contributed by atoms with E-state index in [0.29, 0.717) is 0 Å². The summed E-state index contributed by atoms with van der Waals surface area (Å²) in [5.41, 5.74) is 1.42. The van der Waals surface area contributed by atoms with Crippen LogP contribution in [0.15, 0.2) is 5.38 Å². The number of halogens is 2. The largest absolute Gasteiger partial charge is 0.316 e. The first-order valence-corrected chi connectivity index (χ1v) is 8.28. The molecule has 0 saturated carbocycles. The average Bonchev–Trinajstić information content (AvgIpc) is 2.95. The lowest BCUT2D eigenvalue weighted by molar-refractivity contribution is 0.142. The Bertz CT molecular complexity index is 444. The van der Waals surface area contributed by atoms with E-state index in [0.717, 1.165) is 18.4 Å². The number of hydrogen-bond acceptors (Lipinski definition) is 4. The van der Waals surface area contributed by atoms with E-state index in [9.17, 15) is 0 Å². The van der Waals surface area contributed by atoms with Crippen molar-refractivity contribution in [3.63, 3.8) is 0 Å². The van der Waals surface area contributed by atoms with E-state index in [1.54, 1.807) is 0 Å². The lowest BCUT2D eigenvalue weighted by atomic mass is 9.89. The Balaban J connectivity index is 0.00000110. The predicted molar refractivity (Wildman–Crippen MR) is 95.1 cm³/mol. The van der Waals surface area contributed by atoms with E-state index in [1.807, 2.05) is 11.3 Å². The molecule has 1 aromatic heterocycles. The summed E-state index contributed by atoms with van der Waals surface area (Å²) in [7, 11) is 0. The molecule has 2 aliphatic rings. The van der Waals surface area contributed by atoms with Crippen molar-refractivity contribution in [2.45, 2.75) is 39.2 Å². The van der Waals surface area contributed by atoms with Gasteiger partial charge in [0.25, 0.3) is 0 Å². The van der Waals surface area contributed by atoms with Crippen LogP contribution in [0.4, 0.5) is 0 Å². The van der Waals surface area contributed by atoms with Gasteiger partial charge in [0.2, 0.25) is 0 Å². The smallest absolute Gasteiger partial charge is 0.107 e. The van der Waals surface area contributed by atoms with E-state index in [4.69, 9.17) is 4.98 Å². The van der Waals surface area contributed by atoms with Gasteiger partial charge in [-0.1, -0.05) is 20.8 Å². The van der Waals surface area contributed by atoms with Crippen LogP contribution < -0.4 is 5.32 Å². The molecule has 0 aromatic carbocycles. The molecule has 0 amide bonds. The number of likely N-dealkylation sites (tertiary alicyclic amines) is 1. The summed E-state index contributed by atoms with van der Waals surface area (Å²) in [6.07, 6.45) is 1.36. The number of piperidine rings is 1. The minimum Gasteiger partial charge on any atom is -0.316 e. The number of fused-ring (bicyclic) bond motifs is 1. The quantitative estimate of drug-likeness (QED) is 0.885. The SMILES string of the molecule is CC(C)(C)c1csc(CN2CCC3CNCC3C2)n1.Cl.Cl. The zero-order chi connectivity index (χ0) is 13.5. The van der Waals surface area contributed by atoms with E-state index < -0.39 is 0 Å². The number of hydrogen-bond donors (Lipinski definition) is 1. The van der Waals surface area contributed by atoms with Gasteiger partial charge in [0, 0.05) is 17.3 Å². The maximum Gasteiger partial charge on any atom is 0.107 e. The van der Waals surface area contributed by atoms with Crippen LogP contribution in [-0.2, 0) is 12.0 Å². The normalized spacial score (nSPS) is 25.9. The summed E-state index contributed by atoms with van der Waals surface area (Å²) in [4.78, 5) is 7.42. The van der Waals surface area contributed by atoms with Gasteiger partial charge < -0.3 is 5.32 Å². The topological polar surface area (TPSA) is 28.2 Å². The number of thiazole rings is 1. The van der Waals surface area contributed by atoms with Gasteiger partial charge in [0.1, 0.15) is 5.01 Å². The number of rotatable bonds is 2. The van der Waals surface area contributed by atoms with Gasteiger partial charge in [0.15, 0.2) is 0 Å². The van der Waals surface area contributed by atoms with Gasteiger partial charge in [-0.05, 0) is 37.9 Å². The molecule has 0 radical (unpaired) electrons. The predicted octanol–water partition coefficient (Wildman–Crippen LogP) is 3.33. The van der Waals surface area contributed by atoms with Crippen LogP contribution in [0.2, 0.25) is 0 Å². The van der Waals surface area contributed by atoms with Crippen LogP contribution in [0.5, 0.6) is 0 Å². The Hall–Kier alpha value is 0.130. The lowest BCUT2D eigenvalue weighted by Crippen LogP contribution is -2.39. The van der Waals surface area contributed by atoms with Crippen molar-refractivity contribution in [2.24, 2.45) is 11.8 Å². The molecular weight excluding hydrogens is 325 g/mol. The minimum atomic E-state index is 0. The van der Waals surface area contributed by atoms with Crippen LogP contribution in [0.25, 0.3) is 0 Å². The second kappa shape index (κ2) is 7.60. The highest BCUT2D eigenvalue weighted by Gasteiger charge is 2.32. The van der Waals surface area contributed by atoms with Crippen LogP contribution in [0.3, 0.4) is 0 Å². The van der Waals surface area contributed by atoms with Crippen molar-refractivity contribution in [2.75, 3.05) is 26.2 Å². The molecule has 2 unspecified atom stereocenters. The van der Waals surface area contributed by atoms with Gasteiger partial charge in [-0.25, -0.2) is 4.98 Å². The van der Waals surface area contributed by atoms with Crippen LogP contribution in [0, 0.1) is 11.8 Å². The highest BCUT2D eigenvalue weighted by molar-refractivity contribution is 7.09. The van der Waals surface area contributed by atoms with Crippen molar-refractivity contribution in [3.05, 3.63) is 16.1 Å². The third-order valence-corrected chi connectivity index (χ3v) is 5.30. The van der Waals surface area contributed by atoms with Crippen LogP contribution >= 0.6 is 36.2 Å². The van der Waals surface area contributed by atoms with Gasteiger partial charge in [0.05, 0.1) is 12.2 Å². The fourth-order valence-corrected chi connectivity index (χ4v) is 4.24. The Morgan fingerprint density at radius 2 is 2.00 bits per heavy atom. The van der Waals surface area contributed by atoms with E-state index >= 15 is 0 Å². The molecule has 0 aliphatic carbocycles. The molecule has 2 saturated heterocycles. The second-order valence-electron chi connectivity index (χ2n) is 7.08. The van der Waals surface area contributed by atoms with Gasteiger partial charge in [-0.3, -0.25) is 4.90 Å². The summed E-state index contributed by atoms with van der Waals surface area (Å²) >= 11 is 1.83. The first-order chi connectivity index (χ1) is 9.02. The van der Waals surface area contributed by atoms with Crippen molar-refractivity contribution in [3.8, 4) is 0 Å². The first-order valence-electron chi connectivity index (χ1n) is 7.40. The second-order valence-corrected chi connectivity index (χ2v) is 8.02. The molecule has 1 N–H and O–H groups in total. The summed E-state index contributed by atoms with van der Waals surface area (Å²) in [6, 6.07) is 0. The molecule has 2 aliphatic heterocycles. The number of nitrogens with one attached hydrogen (secondary N) is 1. The molecule has 3 nitrogen and oxygen atoms in total. The first kappa shape index (κ1) is 19.2. The number of aromatic nitrogens is 1. The molecule has 2 fully saturated rings. The van der Waals surface area contributed by atoms with Gasteiger partial charge in [-0.2, -0.15) is 0 Å². The summed E-state index contributed by atoms with van der Waals surface area (Å²) in [5, 5.41) is 7.05. The third-order valence-electron chi connectivity index (χ3n) is 4.47. The Morgan fingerprint density at radius 3 is 2.67 bits per heavy atom. The third kappa shape index (κ3) is 4.55. The summed E-state index contributed by atoms with van der Waals surface area (Å²) in [5.74, 6) is 1.80. The van der Waals surface area contributed by atoms with Gasteiger partial charge >= 0.3 is 0 Å². The molecule has 1 aromatic rings. The monoisotopic (exact) mass is 351 g/mol. The van der Waals surface area contributed by atoms with E-state index in [1.165, 1.54) is 43.3 Å². The van der Waals surface area contributed by atoms with Crippen molar-refractivity contribution in [1.82, 2.24) is 15.2 Å². The summed E-state index contributed by atoms with van der Waals surface area (Å²) < 4.78 is 0. The maximum atomic E-state index is 4.82.